The second kappa shape index (κ2) is 4.49. The van der Waals surface area contributed by atoms with E-state index in [1.54, 1.807) is 24.9 Å². The topological polar surface area (TPSA) is 43.8 Å². The second-order valence-corrected chi connectivity index (χ2v) is 4.42. The Labute approximate surface area is 104 Å². The Hall–Kier alpha value is -1.75. The summed E-state index contributed by atoms with van der Waals surface area (Å²) in [5.41, 5.74) is 7.81. The second-order valence-electron chi connectivity index (χ2n) is 4.42. The van der Waals surface area contributed by atoms with E-state index in [0.29, 0.717) is 11.3 Å². The van der Waals surface area contributed by atoms with Crippen molar-refractivity contribution in [2.24, 2.45) is 12.8 Å². The Bertz CT molecular complexity index is 590. The number of nitrogens with zero attached hydrogens (tertiary/aromatic N) is 2. The number of benzene rings is 1. The van der Waals surface area contributed by atoms with Crippen LogP contribution < -0.4 is 5.73 Å². The molecule has 18 heavy (non-hydrogen) atoms. The van der Waals surface area contributed by atoms with Crippen molar-refractivity contribution in [3.05, 3.63) is 52.3 Å². The molecule has 1 aromatic heterocycles. The third kappa shape index (κ3) is 2.01. The predicted molar refractivity (Wildman–Crippen MR) is 65.1 cm³/mol. The van der Waals surface area contributed by atoms with Crippen molar-refractivity contribution in [2.75, 3.05) is 0 Å². The van der Waals surface area contributed by atoms with Crippen LogP contribution in [-0.4, -0.2) is 9.78 Å². The quantitative estimate of drug-likeness (QED) is 0.890. The molecule has 2 aromatic rings. The fourth-order valence-electron chi connectivity index (χ4n) is 1.99. The molecule has 0 radical (unpaired) electrons. The molecular formula is C13H15F2N3. The van der Waals surface area contributed by atoms with Crippen molar-refractivity contribution < 1.29 is 8.78 Å². The zero-order chi connectivity index (χ0) is 13.4. The number of hydrogen-bond acceptors (Lipinski definition) is 2. The van der Waals surface area contributed by atoms with Gasteiger partial charge in [-0.05, 0) is 19.4 Å². The molecule has 0 saturated heterocycles. The zero-order valence-electron chi connectivity index (χ0n) is 10.5. The van der Waals surface area contributed by atoms with Gasteiger partial charge < -0.3 is 5.73 Å². The summed E-state index contributed by atoms with van der Waals surface area (Å²) in [6.45, 7) is 3.31. The van der Waals surface area contributed by atoms with E-state index in [-0.39, 0.29) is 11.1 Å². The number of aryl methyl sites for hydroxylation is 3. The van der Waals surface area contributed by atoms with Crippen molar-refractivity contribution >= 4 is 0 Å². The van der Waals surface area contributed by atoms with Crippen molar-refractivity contribution in [1.82, 2.24) is 9.78 Å². The summed E-state index contributed by atoms with van der Waals surface area (Å²) in [6.07, 6.45) is 1.72. The predicted octanol–water partition coefficient (Wildman–Crippen LogP) is 2.36. The lowest BCUT2D eigenvalue weighted by atomic mass is 9.98. The van der Waals surface area contributed by atoms with Crippen LogP contribution in [0, 0.1) is 25.5 Å². The normalized spacial score (nSPS) is 12.8. The molecule has 1 unspecified atom stereocenters. The summed E-state index contributed by atoms with van der Waals surface area (Å²) in [7, 11) is 1.76. The van der Waals surface area contributed by atoms with E-state index in [2.05, 4.69) is 5.10 Å². The van der Waals surface area contributed by atoms with E-state index >= 15 is 0 Å². The minimum absolute atomic E-state index is 0.147. The Balaban J connectivity index is 2.49. The van der Waals surface area contributed by atoms with Crippen LogP contribution in [0.25, 0.3) is 0 Å². The third-order valence-corrected chi connectivity index (χ3v) is 3.03. The van der Waals surface area contributed by atoms with Gasteiger partial charge in [-0.25, -0.2) is 8.78 Å². The highest BCUT2D eigenvalue weighted by Crippen LogP contribution is 2.26. The maximum atomic E-state index is 13.9. The maximum absolute atomic E-state index is 13.9. The lowest BCUT2D eigenvalue weighted by Crippen LogP contribution is -2.15. The van der Waals surface area contributed by atoms with Gasteiger partial charge in [-0.3, -0.25) is 4.68 Å². The maximum Gasteiger partial charge on any atom is 0.164 e. The molecule has 0 saturated carbocycles. The molecule has 0 fully saturated rings. The van der Waals surface area contributed by atoms with Crippen LogP contribution in [0.1, 0.15) is 28.4 Å². The van der Waals surface area contributed by atoms with Gasteiger partial charge in [0.15, 0.2) is 11.6 Å². The minimum atomic E-state index is -0.884. The summed E-state index contributed by atoms with van der Waals surface area (Å²) >= 11 is 0. The highest BCUT2D eigenvalue weighted by atomic mass is 19.2. The monoisotopic (exact) mass is 251 g/mol. The molecule has 0 aliphatic heterocycles. The number of nitrogens with two attached hydrogens (primary N) is 1. The molecule has 0 bridgehead atoms. The van der Waals surface area contributed by atoms with E-state index in [1.165, 1.54) is 19.1 Å². The summed E-state index contributed by atoms with van der Waals surface area (Å²) in [4.78, 5) is 0. The molecule has 2 rings (SSSR count). The van der Waals surface area contributed by atoms with E-state index < -0.39 is 17.7 Å². The first kappa shape index (κ1) is 12.7. The van der Waals surface area contributed by atoms with Gasteiger partial charge >= 0.3 is 0 Å². The molecule has 2 N–H and O–H groups in total. The van der Waals surface area contributed by atoms with Gasteiger partial charge in [0.05, 0.1) is 11.7 Å². The van der Waals surface area contributed by atoms with Crippen molar-refractivity contribution in [3.63, 3.8) is 0 Å². The summed E-state index contributed by atoms with van der Waals surface area (Å²) in [6, 6.07) is 2.33. The highest BCUT2D eigenvalue weighted by molar-refractivity contribution is 5.35. The van der Waals surface area contributed by atoms with Crippen LogP contribution in [0.15, 0.2) is 18.3 Å². The lowest BCUT2D eigenvalue weighted by molar-refractivity contribution is 0.489. The number of aromatic nitrogens is 2. The van der Waals surface area contributed by atoms with Gasteiger partial charge in [-0.1, -0.05) is 12.1 Å². The molecular weight excluding hydrogens is 236 g/mol. The molecule has 5 heteroatoms. The lowest BCUT2D eigenvalue weighted by Gasteiger charge is -2.13. The average Bonchev–Trinajstić information content (AvgIpc) is 2.65. The Kier molecular flexibility index (Phi) is 3.17. The Morgan fingerprint density at radius 3 is 2.39 bits per heavy atom. The van der Waals surface area contributed by atoms with E-state index in [9.17, 15) is 8.78 Å². The van der Waals surface area contributed by atoms with Crippen LogP contribution in [0.4, 0.5) is 8.78 Å². The van der Waals surface area contributed by atoms with Gasteiger partial charge in [-0.2, -0.15) is 5.10 Å². The molecule has 1 heterocycles. The summed E-state index contributed by atoms with van der Waals surface area (Å²) < 4.78 is 29.0. The van der Waals surface area contributed by atoms with Crippen molar-refractivity contribution in [1.29, 1.82) is 0 Å². The highest BCUT2D eigenvalue weighted by Gasteiger charge is 2.20. The number of halogens is 2. The van der Waals surface area contributed by atoms with Crippen LogP contribution in [0.3, 0.4) is 0 Å². The van der Waals surface area contributed by atoms with Crippen LogP contribution in [-0.2, 0) is 7.05 Å². The summed E-state index contributed by atoms with van der Waals surface area (Å²) in [5, 5.41) is 4.15. The zero-order valence-corrected chi connectivity index (χ0v) is 10.5. The van der Waals surface area contributed by atoms with Crippen molar-refractivity contribution in [3.8, 4) is 0 Å². The molecule has 1 aromatic carbocycles. The van der Waals surface area contributed by atoms with Crippen molar-refractivity contribution in [2.45, 2.75) is 19.9 Å². The molecule has 0 spiro atoms. The Morgan fingerprint density at radius 2 is 1.83 bits per heavy atom. The first-order valence-corrected chi connectivity index (χ1v) is 5.62. The fraction of sp³-hybridized carbons (Fsp3) is 0.308. The minimum Gasteiger partial charge on any atom is -0.320 e. The SMILES string of the molecule is Cc1ccc(C(N)c2cn(C)nc2C)c(F)c1F. The molecule has 0 amide bonds. The van der Waals surface area contributed by atoms with Gasteiger partial charge in [0.2, 0.25) is 0 Å². The van der Waals surface area contributed by atoms with Crippen LogP contribution in [0.5, 0.6) is 0 Å². The van der Waals surface area contributed by atoms with Gasteiger partial charge in [0, 0.05) is 24.4 Å². The number of hydrogen-bond donors (Lipinski definition) is 1. The third-order valence-electron chi connectivity index (χ3n) is 3.03. The van der Waals surface area contributed by atoms with Gasteiger partial charge in [-0.15, -0.1) is 0 Å². The molecule has 3 nitrogen and oxygen atoms in total. The molecule has 0 aliphatic rings. The van der Waals surface area contributed by atoms with Gasteiger partial charge in [0.25, 0.3) is 0 Å². The Morgan fingerprint density at radius 1 is 1.17 bits per heavy atom. The smallest absolute Gasteiger partial charge is 0.164 e. The average molecular weight is 251 g/mol. The number of rotatable bonds is 2. The van der Waals surface area contributed by atoms with Crippen LogP contribution >= 0.6 is 0 Å². The van der Waals surface area contributed by atoms with Gasteiger partial charge in [0.1, 0.15) is 0 Å². The molecule has 96 valence electrons. The molecule has 1 atom stereocenters. The van der Waals surface area contributed by atoms with E-state index in [1.807, 2.05) is 0 Å². The first-order chi connectivity index (χ1) is 8.41. The fourth-order valence-corrected chi connectivity index (χ4v) is 1.99. The molecule has 0 aliphatic carbocycles. The standard InChI is InChI=1S/C13H15F2N3/c1-7-4-5-9(12(15)11(7)14)13(16)10-6-18(3)17-8(10)2/h4-6,13H,16H2,1-3H3. The van der Waals surface area contributed by atoms with E-state index in [0.717, 1.165) is 0 Å². The largest absolute Gasteiger partial charge is 0.320 e. The summed E-state index contributed by atoms with van der Waals surface area (Å²) in [5.74, 6) is -1.73. The first-order valence-electron chi connectivity index (χ1n) is 5.62. The van der Waals surface area contributed by atoms with E-state index in [4.69, 9.17) is 5.73 Å². The van der Waals surface area contributed by atoms with Crippen LogP contribution in [0.2, 0.25) is 0 Å².